The van der Waals surface area contributed by atoms with Gasteiger partial charge in [0.25, 0.3) is 0 Å². The van der Waals surface area contributed by atoms with E-state index in [1.54, 1.807) is 0 Å². The number of hydrogen-bond donors (Lipinski definition) is 1. The van der Waals surface area contributed by atoms with Gasteiger partial charge in [0.05, 0.1) is 27.8 Å². The lowest BCUT2D eigenvalue weighted by atomic mass is 9.49. The van der Waals surface area contributed by atoms with Gasteiger partial charge in [-0.3, -0.25) is 14.4 Å². The third-order valence-electron chi connectivity index (χ3n) is 16.6. The summed E-state index contributed by atoms with van der Waals surface area (Å²) in [7, 11) is 1.42. The molecule has 0 radical (unpaired) electrons. The third kappa shape index (κ3) is 10.1. The van der Waals surface area contributed by atoms with E-state index in [1.807, 2.05) is 62.3 Å². The molecule has 8 unspecified atom stereocenters. The van der Waals surface area contributed by atoms with E-state index in [0.29, 0.717) is 36.6 Å². The number of carbonyl (C=O) groups excluding carboxylic acids is 3. The Morgan fingerprint density at radius 3 is 1.57 bits per heavy atom. The molecule has 0 amide bonds. The summed E-state index contributed by atoms with van der Waals surface area (Å²) in [4.78, 5) is 43.3. The van der Waals surface area contributed by atoms with Gasteiger partial charge in [-0.2, -0.15) is 0 Å². The molecule has 0 aromatic carbocycles. The summed E-state index contributed by atoms with van der Waals surface area (Å²) >= 11 is 0. The van der Waals surface area contributed by atoms with E-state index in [-0.39, 0.29) is 46.5 Å². The van der Waals surface area contributed by atoms with E-state index < -0.39 is 16.4 Å². The normalized spacial score (nSPS) is 38.4. The molecule has 0 heterocycles. The van der Waals surface area contributed by atoms with Gasteiger partial charge < -0.3 is 29.0 Å². The zero-order chi connectivity index (χ0) is 42.9. The molecule has 0 saturated heterocycles. The van der Waals surface area contributed by atoms with Gasteiger partial charge in [0.1, 0.15) is 17.3 Å². The highest BCUT2D eigenvalue weighted by atomic mass is 16.6. The molecule has 10 bridgehead atoms. The first-order valence-electron chi connectivity index (χ1n) is 23.1. The smallest absolute Gasteiger partial charge is 0.312 e. The van der Waals surface area contributed by atoms with Crippen LogP contribution < -0.4 is 0 Å². The quantitative estimate of drug-likeness (QED) is 0.133. The van der Waals surface area contributed by atoms with Gasteiger partial charge in [-0.25, -0.2) is 13.1 Å². The zero-order valence-electron chi connectivity index (χ0n) is 37.9. The summed E-state index contributed by atoms with van der Waals surface area (Å²) in [5.41, 5.74) is -2.36. The molecule has 9 heteroatoms. The minimum Gasteiger partial charge on any atom is -0.462 e. The molecule has 8 atom stereocenters. The molecule has 10 aliphatic rings. The maximum absolute atomic E-state index is 12.6. The number of nitrogens with zero attached hydrogens (tertiary/aromatic N) is 2. The lowest BCUT2D eigenvalue weighted by molar-refractivity contribution is -0.225. The van der Waals surface area contributed by atoms with Gasteiger partial charge in [-0.05, 0) is 192 Å². The van der Waals surface area contributed by atoms with Crippen molar-refractivity contribution < 1.29 is 33.7 Å². The second-order valence-electron chi connectivity index (χ2n) is 22.3. The summed E-state index contributed by atoms with van der Waals surface area (Å²) in [6.07, 6.45) is 19.2. The van der Waals surface area contributed by atoms with Crippen molar-refractivity contribution in [2.45, 2.75) is 201 Å². The molecule has 10 saturated carbocycles. The number of fused-ring (bicyclic) bond motifs is 2. The van der Waals surface area contributed by atoms with Crippen LogP contribution >= 0.6 is 0 Å². The average Bonchev–Trinajstić information content (AvgIpc) is 3.76. The van der Waals surface area contributed by atoms with E-state index in [2.05, 4.69) is 9.69 Å². The van der Waals surface area contributed by atoms with Crippen molar-refractivity contribution in [1.82, 2.24) is 0 Å². The molecular formula is C49H78N2O7. The Hall–Kier alpha value is -2.65. The first-order valence-corrected chi connectivity index (χ1v) is 23.1. The molecular weight excluding hydrogens is 729 g/mol. The van der Waals surface area contributed by atoms with Crippen molar-refractivity contribution in [3.05, 3.63) is 22.8 Å². The number of rotatable bonds is 10. The number of carbonyl (C=O) groups is 3. The largest absolute Gasteiger partial charge is 0.462 e. The van der Waals surface area contributed by atoms with Crippen LogP contribution in [0, 0.1) is 76.7 Å². The first kappa shape index (κ1) is 46.4. The maximum Gasteiger partial charge on any atom is 0.312 e. The molecule has 10 rings (SSSR count). The fourth-order valence-electron chi connectivity index (χ4n) is 12.6. The van der Waals surface area contributed by atoms with Crippen LogP contribution in [0.5, 0.6) is 0 Å². The Morgan fingerprint density at radius 2 is 1.12 bits per heavy atom. The second-order valence-corrected chi connectivity index (χ2v) is 22.3. The zero-order valence-corrected chi connectivity index (χ0v) is 37.9. The molecule has 9 nitrogen and oxygen atoms in total. The minimum atomic E-state index is -0.555. The molecule has 0 spiro atoms. The van der Waals surface area contributed by atoms with Crippen LogP contribution in [-0.4, -0.2) is 59.5 Å². The summed E-state index contributed by atoms with van der Waals surface area (Å²) in [6.45, 7) is 31.6. The van der Waals surface area contributed by atoms with Crippen LogP contribution in [0.2, 0.25) is 0 Å². The van der Waals surface area contributed by atoms with Crippen LogP contribution in [0.4, 0.5) is 0 Å². The maximum atomic E-state index is 12.6. The number of ether oxygens (including phenoxy) is 3. The fraction of sp³-hybridized carbons (Fsp3) is 0.898. The predicted octanol–water partition coefficient (Wildman–Crippen LogP) is 10.8. The fourth-order valence-corrected chi connectivity index (χ4v) is 12.6. The topological polar surface area (TPSA) is 108 Å². The first-order chi connectivity index (χ1) is 27.1. The number of hydrogen-bond acceptors (Lipinski definition) is 7. The molecule has 0 aromatic heterocycles. The van der Waals surface area contributed by atoms with E-state index >= 15 is 0 Å². The Bertz CT molecular complexity index is 1540. The van der Waals surface area contributed by atoms with Gasteiger partial charge in [-0.1, -0.05) is 20.8 Å². The van der Waals surface area contributed by atoms with Crippen molar-refractivity contribution in [2.75, 3.05) is 13.6 Å². The Labute approximate surface area is 351 Å². The summed E-state index contributed by atoms with van der Waals surface area (Å²) in [6, 6.07) is 0. The van der Waals surface area contributed by atoms with Crippen molar-refractivity contribution in [2.24, 2.45) is 63.6 Å². The van der Waals surface area contributed by atoms with E-state index in [0.717, 1.165) is 82.0 Å². The van der Waals surface area contributed by atoms with Gasteiger partial charge >= 0.3 is 17.9 Å². The summed E-state index contributed by atoms with van der Waals surface area (Å²) < 4.78 is 17.8. The highest BCUT2D eigenvalue weighted by molar-refractivity contribution is 5.77. The molecule has 1 N–H and O–H groups in total. The van der Waals surface area contributed by atoms with E-state index in [4.69, 9.17) is 27.4 Å². The van der Waals surface area contributed by atoms with Crippen molar-refractivity contribution in [3.63, 3.8) is 0 Å². The molecule has 0 aliphatic heterocycles. The van der Waals surface area contributed by atoms with Crippen molar-refractivity contribution in [3.8, 4) is 0 Å². The molecule has 326 valence electrons. The SMILES string of the molecule is CCC(C)(C)C(=O)OC12CC3CC(CC(O)(C3)C1)C2.CCC(C)(C)C(=O)OC1CC2CCC1C2.[C-]#[N+]C.[C-]#[N+]CC1C2CC3CC(C2)CC1(OC(=O)C(C)(C)CC)C3. The monoisotopic (exact) mass is 807 g/mol. The Kier molecular flexibility index (Phi) is 14.2. The number of esters is 3. The highest BCUT2D eigenvalue weighted by Crippen LogP contribution is 2.61. The summed E-state index contributed by atoms with van der Waals surface area (Å²) in [5.74, 6) is 4.84. The molecule has 10 fully saturated rings. The van der Waals surface area contributed by atoms with Gasteiger partial charge in [0.15, 0.2) is 0 Å². The number of aliphatic hydroxyl groups is 1. The van der Waals surface area contributed by atoms with Gasteiger partial charge in [0, 0.05) is 6.42 Å². The molecule has 10 aliphatic carbocycles. The van der Waals surface area contributed by atoms with Crippen LogP contribution in [0.1, 0.15) is 178 Å². The second kappa shape index (κ2) is 17.8. The summed E-state index contributed by atoms with van der Waals surface area (Å²) in [5, 5.41) is 10.6. The van der Waals surface area contributed by atoms with Crippen molar-refractivity contribution in [1.29, 1.82) is 0 Å². The van der Waals surface area contributed by atoms with Crippen LogP contribution in [0.15, 0.2) is 0 Å². The molecule has 58 heavy (non-hydrogen) atoms. The molecule has 0 aromatic rings. The minimum absolute atomic E-state index is 0.00236. The van der Waals surface area contributed by atoms with Crippen LogP contribution in [0.25, 0.3) is 9.69 Å². The third-order valence-corrected chi connectivity index (χ3v) is 16.6. The van der Waals surface area contributed by atoms with E-state index in [9.17, 15) is 19.5 Å². The lowest BCUT2D eigenvalue weighted by Gasteiger charge is -2.59. The lowest BCUT2D eigenvalue weighted by Crippen LogP contribution is -2.61. The van der Waals surface area contributed by atoms with Crippen LogP contribution in [-0.2, 0) is 28.6 Å². The average molecular weight is 807 g/mol. The van der Waals surface area contributed by atoms with Gasteiger partial charge in [-0.15, -0.1) is 0 Å². The van der Waals surface area contributed by atoms with Crippen LogP contribution in [0.3, 0.4) is 0 Å². The van der Waals surface area contributed by atoms with E-state index in [1.165, 1.54) is 52.0 Å². The highest BCUT2D eigenvalue weighted by Gasteiger charge is 2.62. The van der Waals surface area contributed by atoms with Crippen molar-refractivity contribution >= 4 is 17.9 Å². The van der Waals surface area contributed by atoms with Gasteiger partial charge in [0.2, 0.25) is 13.6 Å². The standard InChI is InChI=1S/C18H27NO2.C16H26O3.C13H22O2.C2H3N/c1-5-17(2,3)16(20)21-18-9-12-6-13(10-18)8-14(7-12)15(18)11-19-4;1-4-14(2,3)13(17)19-16-8-11-5-12(9-16)7-15(18,6-11)10-16;1-4-13(2,3)12(14)15-11-8-9-5-6-10(11)7-9;1-3-2/h12-15H,5-11H2,1-3H3;11-12,18H,4-10H2,1-3H3;9-11H,4-8H2,1-3H3;1H3. The predicted molar refractivity (Wildman–Crippen MR) is 226 cm³/mol. The Morgan fingerprint density at radius 1 is 0.638 bits per heavy atom. The Balaban J connectivity index is 0.000000162.